The number of piperazine rings is 1. The number of aromatic nitrogens is 3. The Bertz CT molecular complexity index is 1600. The Morgan fingerprint density at radius 2 is 2.03 bits per heavy atom. The predicted molar refractivity (Wildman–Crippen MR) is 132 cm³/mol. The molecule has 5 heterocycles. The van der Waals surface area contributed by atoms with Crippen LogP contribution in [0.5, 0.6) is 0 Å². The predicted octanol–water partition coefficient (Wildman–Crippen LogP) is 4.02. The average Bonchev–Trinajstić information content (AvgIpc) is 3.24. The van der Waals surface area contributed by atoms with Gasteiger partial charge in [-0.15, -0.1) is 0 Å². The van der Waals surface area contributed by atoms with Crippen LogP contribution in [0.25, 0.3) is 33.5 Å². The second-order valence-electron chi connectivity index (χ2n) is 10.8. The summed E-state index contributed by atoms with van der Waals surface area (Å²) >= 11 is 0. The van der Waals surface area contributed by atoms with Gasteiger partial charge in [0, 0.05) is 53.2 Å². The number of para-hydroxylation sites is 1. The van der Waals surface area contributed by atoms with Gasteiger partial charge in [0.1, 0.15) is 6.54 Å². The second-order valence-corrected chi connectivity index (χ2v) is 10.8. The third kappa shape index (κ3) is 3.42. The lowest BCUT2D eigenvalue weighted by Gasteiger charge is -2.31. The first kappa shape index (κ1) is 22.8. The van der Waals surface area contributed by atoms with Gasteiger partial charge in [0.25, 0.3) is 5.91 Å². The second kappa shape index (κ2) is 7.35. The van der Waals surface area contributed by atoms with Gasteiger partial charge in [-0.3, -0.25) is 4.79 Å². The van der Waals surface area contributed by atoms with Crippen LogP contribution in [0.15, 0.2) is 42.5 Å². The van der Waals surface area contributed by atoms with Crippen LogP contribution in [-0.4, -0.2) is 60.9 Å². The van der Waals surface area contributed by atoms with E-state index in [0.29, 0.717) is 76.2 Å². The zero-order valence-electron chi connectivity index (χ0n) is 20.4. The van der Waals surface area contributed by atoms with Crippen molar-refractivity contribution in [3.8, 4) is 11.5 Å². The van der Waals surface area contributed by atoms with Gasteiger partial charge in [0.15, 0.2) is 5.82 Å². The molecule has 2 aromatic heterocycles. The number of aryl methyl sites for hydroxylation is 1. The summed E-state index contributed by atoms with van der Waals surface area (Å²) in [7, 11) is 0. The Morgan fingerprint density at radius 3 is 2.76 bits per heavy atom. The van der Waals surface area contributed by atoms with Crippen molar-refractivity contribution in [2.75, 3.05) is 6.54 Å². The van der Waals surface area contributed by atoms with Crippen molar-refractivity contribution in [2.24, 2.45) is 0 Å². The fraction of sp³-hybridized carbons (Fsp3) is 0.407. The van der Waals surface area contributed by atoms with Gasteiger partial charge >= 0.3 is 6.18 Å². The molecule has 7 nitrogen and oxygen atoms in total. The quantitative estimate of drug-likeness (QED) is 0.409. The Hall–Kier alpha value is -3.37. The van der Waals surface area contributed by atoms with Crippen molar-refractivity contribution in [1.82, 2.24) is 24.3 Å². The lowest BCUT2D eigenvalue weighted by molar-refractivity contribution is -0.139. The smallest absolute Gasteiger partial charge is 0.385 e. The molecule has 3 aliphatic heterocycles. The molecule has 192 valence electrons. The van der Waals surface area contributed by atoms with E-state index >= 15 is 0 Å². The van der Waals surface area contributed by atoms with Crippen LogP contribution in [0.2, 0.25) is 0 Å². The summed E-state index contributed by atoms with van der Waals surface area (Å²) in [5.41, 5.74) is 1.80. The molecular weight excluding hydrogens is 483 g/mol. The van der Waals surface area contributed by atoms with E-state index < -0.39 is 18.3 Å². The molecule has 37 heavy (non-hydrogen) atoms. The zero-order chi connectivity index (χ0) is 25.9. The maximum atomic E-state index is 13.6. The van der Waals surface area contributed by atoms with E-state index in [4.69, 9.17) is 4.98 Å². The molecule has 2 fully saturated rings. The number of carbonyl (C=O) groups excluding carboxylic acids is 1. The van der Waals surface area contributed by atoms with Crippen LogP contribution in [0.4, 0.5) is 13.2 Å². The number of aliphatic hydroxyl groups is 1. The van der Waals surface area contributed by atoms with Gasteiger partial charge in [-0.1, -0.05) is 18.2 Å². The number of nitrogens with zero attached hydrogens (tertiary/aromatic N) is 4. The first-order chi connectivity index (χ1) is 17.5. The third-order valence-corrected chi connectivity index (χ3v) is 8.26. The molecule has 2 N–H and O–H groups in total. The number of rotatable bonds is 3. The highest BCUT2D eigenvalue weighted by Gasteiger charge is 2.52. The van der Waals surface area contributed by atoms with Gasteiger partial charge in [-0.25, -0.2) is 4.98 Å². The molecule has 4 aromatic rings. The normalized spacial score (nSPS) is 26.8. The maximum absolute atomic E-state index is 13.6. The van der Waals surface area contributed by atoms with Crippen LogP contribution in [0, 0.1) is 0 Å². The van der Waals surface area contributed by atoms with E-state index in [1.54, 1.807) is 49.4 Å². The van der Waals surface area contributed by atoms with Crippen molar-refractivity contribution in [3.63, 3.8) is 0 Å². The van der Waals surface area contributed by atoms with Crippen molar-refractivity contribution >= 4 is 27.8 Å². The van der Waals surface area contributed by atoms with E-state index in [0.717, 1.165) is 0 Å². The number of hydrogen-bond donors (Lipinski definition) is 2. The molecule has 0 bridgehead atoms. The minimum absolute atomic E-state index is 0.0660. The molecule has 1 amide bonds. The number of alkyl halides is 3. The van der Waals surface area contributed by atoms with E-state index in [1.807, 2.05) is 16.4 Å². The van der Waals surface area contributed by atoms with Gasteiger partial charge in [-0.2, -0.15) is 13.2 Å². The van der Waals surface area contributed by atoms with Gasteiger partial charge in [0.2, 0.25) is 0 Å². The number of nitrogens with one attached hydrogen (secondary N) is 1. The van der Waals surface area contributed by atoms with Crippen LogP contribution >= 0.6 is 0 Å². The summed E-state index contributed by atoms with van der Waals surface area (Å²) in [6.07, 6.45) is -4.06. The monoisotopic (exact) mass is 509 g/mol. The number of benzene rings is 2. The first-order valence-corrected chi connectivity index (χ1v) is 12.5. The van der Waals surface area contributed by atoms with Crippen molar-refractivity contribution < 1.29 is 23.1 Å². The Balaban J connectivity index is 1.42. The molecule has 2 saturated heterocycles. The number of amides is 1. The maximum Gasteiger partial charge on any atom is 0.406 e. The lowest BCUT2D eigenvalue weighted by Crippen LogP contribution is -2.40. The van der Waals surface area contributed by atoms with Gasteiger partial charge < -0.3 is 24.5 Å². The van der Waals surface area contributed by atoms with Gasteiger partial charge in [0.05, 0.1) is 22.3 Å². The summed E-state index contributed by atoms with van der Waals surface area (Å²) in [6, 6.07) is 12.9. The standard InChI is InChI=1S/C27H26F3N5O2/c1-14-22-19(31-22)12-34(14)25(36)16-9-17-23-18(10-16)32-24(33(23)8-7-26(17,2)37)21-11-15-5-3-4-6-20(15)35(21)13-27(28,29)30/h3-6,9-11,14,19,22,31,37H,7-8,12-13H2,1-2H3. The van der Waals surface area contributed by atoms with E-state index in [2.05, 4.69) is 5.32 Å². The highest BCUT2D eigenvalue weighted by atomic mass is 19.4. The zero-order valence-corrected chi connectivity index (χ0v) is 20.4. The Kier molecular flexibility index (Phi) is 4.53. The Morgan fingerprint density at radius 1 is 1.24 bits per heavy atom. The number of fused-ring (bicyclic) bond motifs is 2. The van der Waals surface area contributed by atoms with Crippen LogP contribution in [-0.2, 0) is 18.7 Å². The van der Waals surface area contributed by atoms with E-state index in [9.17, 15) is 23.1 Å². The first-order valence-electron chi connectivity index (χ1n) is 12.5. The highest BCUT2D eigenvalue weighted by Crippen LogP contribution is 2.42. The number of halogens is 3. The fourth-order valence-electron chi connectivity index (χ4n) is 6.26. The summed E-state index contributed by atoms with van der Waals surface area (Å²) in [5, 5.41) is 15.3. The number of imidazole rings is 1. The number of likely N-dealkylation sites (tertiary alicyclic amines) is 1. The third-order valence-electron chi connectivity index (χ3n) is 8.26. The van der Waals surface area contributed by atoms with E-state index in [-0.39, 0.29) is 11.9 Å². The topological polar surface area (TPSA) is 85.2 Å². The molecule has 0 saturated carbocycles. The van der Waals surface area contributed by atoms with E-state index in [1.165, 1.54) is 4.57 Å². The molecule has 10 heteroatoms. The van der Waals surface area contributed by atoms with Crippen molar-refractivity contribution in [3.05, 3.63) is 53.6 Å². The molecule has 0 spiro atoms. The van der Waals surface area contributed by atoms with Crippen molar-refractivity contribution in [1.29, 1.82) is 0 Å². The van der Waals surface area contributed by atoms with Crippen LogP contribution in [0.1, 0.15) is 36.2 Å². The summed E-state index contributed by atoms with van der Waals surface area (Å²) in [4.78, 5) is 20.1. The molecule has 3 aliphatic rings. The molecule has 2 aromatic carbocycles. The molecule has 4 unspecified atom stereocenters. The molecule has 0 radical (unpaired) electrons. The summed E-state index contributed by atoms with van der Waals surface area (Å²) in [6.45, 7) is 3.62. The van der Waals surface area contributed by atoms with Crippen LogP contribution < -0.4 is 5.32 Å². The highest BCUT2D eigenvalue weighted by molar-refractivity contribution is 6.00. The molecule has 0 aliphatic carbocycles. The SMILES string of the molecule is CC1C2NC2CN1C(=O)c1cc2c3c(c1)nc(-c1cc4ccccc4n1CC(F)(F)F)n3CCC2(C)O. The molecular formula is C27H26F3N5O2. The minimum atomic E-state index is -4.42. The fourth-order valence-corrected chi connectivity index (χ4v) is 6.26. The average molecular weight is 510 g/mol. The number of hydrogen-bond acceptors (Lipinski definition) is 4. The van der Waals surface area contributed by atoms with Gasteiger partial charge in [-0.05, 0) is 44.5 Å². The summed E-state index contributed by atoms with van der Waals surface area (Å²) < 4.78 is 44.0. The number of carbonyl (C=O) groups is 1. The van der Waals surface area contributed by atoms with Crippen molar-refractivity contribution in [2.45, 2.75) is 63.3 Å². The molecule has 4 atom stereocenters. The van der Waals surface area contributed by atoms with Crippen LogP contribution in [0.3, 0.4) is 0 Å². The minimum Gasteiger partial charge on any atom is -0.385 e. The lowest BCUT2D eigenvalue weighted by atomic mass is 9.87. The largest absolute Gasteiger partial charge is 0.406 e. The molecule has 7 rings (SSSR count). The summed E-state index contributed by atoms with van der Waals surface area (Å²) in [5.74, 6) is 0.278. The Labute approximate surface area is 210 Å².